The molecule has 2 aliphatic rings. The van der Waals surface area contributed by atoms with Gasteiger partial charge >= 0.3 is 6.18 Å². The maximum Gasteiger partial charge on any atom is 0.416 e. The number of rotatable bonds is 4. The number of alkyl halides is 4. The molecule has 1 aromatic heterocycles. The van der Waals surface area contributed by atoms with Crippen LogP contribution < -0.4 is 0 Å². The van der Waals surface area contributed by atoms with Gasteiger partial charge in [0.05, 0.1) is 11.7 Å². The maximum atomic E-state index is 15.2. The molecule has 5 rings (SSSR count). The minimum atomic E-state index is -4.45. The number of nitrogens with zero attached hydrogens (tertiary/aromatic N) is 1. The van der Waals surface area contributed by atoms with Crippen LogP contribution in [0.3, 0.4) is 0 Å². The quantitative estimate of drug-likeness (QED) is 0.366. The second-order valence-corrected chi connectivity index (χ2v) is 10.7. The lowest BCUT2D eigenvalue weighted by Crippen LogP contribution is -2.45. The first-order chi connectivity index (χ1) is 17.0. The predicted octanol–water partition coefficient (Wildman–Crippen LogP) is 8.12. The largest absolute Gasteiger partial charge is 0.416 e. The number of fused-ring (bicyclic) bond motifs is 1. The van der Waals surface area contributed by atoms with Gasteiger partial charge in [-0.3, -0.25) is 4.98 Å². The van der Waals surface area contributed by atoms with Crippen molar-refractivity contribution in [2.24, 2.45) is 11.3 Å². The molecule has 1 heterocycles. The maximum absolute atomic E-state index is 15.2. The fourth-order valence-electron chi connectivity index (χ4n) is 5.94. The fraction of sp³-hybridized carbons (Fsp3) is 0.414. The Hall–Kier alpha value is -2.80. The minimum absolute atomic E-state index is 0.147. The highest BCUT2D eigenvalue weighted by molar-refractivity contribution is 5.70. The second kappa shape index (κ2) is 8.94. The van der Waals surface area contributed by atoms with Gasteiger partial charge < -0.3 is 5.11 Å². The molecule has 190 valence electrons. The van der Waals surface area contributed by atoms with Crippen LogP contribution in [0.4, 0.5) is 22.0 Å². The van der Waals surface area contributed by atoms with Crippen LogP contribution in [0.1, 0.15) is 79.4 Å². The SMILES string of the molecule is CC(C)c1cc(-c2ccc(F)cc2)c2c(n1)CC1(CC([C@H](F)c3ccc(C(F)(F)F)cc3)C1)C[C@@H]2O. The third-order valence-corrected chi connectivity index (χ3v) is 7.77. The molecular formula is C29H28F5NO. The molecule has 0 saturated heterocycles. The van der Waals surface area contributed by atoms with Gasteiger partial charge in [0.15, 0.2) is 0 Å². The molecule has 2 aliphatic carbocycles. The van der Waals surface area contributed by atoms with Gasteiger partial charge in [0.1, 0.15) is 12.0 Å². The molecule has 0 aliphatic heterocycles. The lowest BCUT2D eigenvalue weighted by molar-refractivity contribution is -0.137. The van der Waals surface area contributed by atoms with Crippen molar-refractivity contribution >= 4 is 0 Å². The fourth-order valence-corrected chi connectivity index (χ4v) is 5.94. The Morgan fingerprint density at radius 3 is 2.19 bits per heavy atom. The van der Waals surface area contributed by atoms with E-state index in [9.17, 15) is 22.7 Å². The van der Waals surface area contributed by atoms with Crippen LogP contribution in [0.25, 0.3) is 11.1 Å². The molecule has 0 radical (unpaired) electrons. The number of hydrogen-bond acceptors (Lipinski definition) is 2. The molecule has 36 heavy (non-hydrogen) atoms. The van der Waals surface area contributed by atoms with Gasteiger partial charge in [-0.05, 0) is 90.0 Å². The van der Waals surface area contributed by atoms with Crippen molar-refractivity contribution in [2.75, 3.05) is 0 Å². The zero-order valence-electron chi connectivity index (χ0n) is 20.1. The van der Waals surface area contributed by atoms with Crippen LogP contribution in [0.5, 0.6) is 0 Å². The number of aliphatic hydroxyl groups is 1. The van der Waals surface area contributed by atoms with Gasteiger partial charge in [-0.25, -0.2) is 8.78 Å². The first-order valence-corrected chi connectivity index (χ1v) is 12.2. The third-order valence-electron chi connectivity index (χ3n) is 7.77. The number of benzene rings is 2. The van der Waals surface area contributed by atoms with E-state index in [-0.39, 0.29) is 28.6 Å². The topological polar surface area (TPSA) is 33.1 Å². The van der Waals surface area contributed by atoms with E-state index in [4.69, 9.17) is 4.98 Å². The van der Waals surface area contributed by atoms with Gasteiger partial charge in [0.2, 0.25) is 0 Å². The summed E-state index contributed by atoms with van der Waals surface area (Å²) in [6.07, 6.45) is -4.47. The number of halogens is 5. The standard InChI is InChI=1S/C29H28F5NO/c1-16(2)23-11-22(17-5-9-21(30)10-6-17)26-24(35-23)14-28(15-25(26)36)12-19(13-28)27(31)18-3-7-20(8-4-18)29(32,33)34/h3-11,16,19,25,27,36H,12-15H2,1-2H3/t19?,25-,27+,28?/m0/s1. The van der Waals surface area contributed by atoms with Crippen LogP contribution in [0.15, 0.2) is 54.6 Å². The van der Waals surface area contributed by atoms with Crippen LogP contribution >= 0.6 is 0 Å². The molecule has 1 N–H and O–H groups in total. The summed E-state index contributed by atoms with van der Waals surface area (Å²) in [5.41, 5.74) is 3.23. The summed E-state index contributed by atoms with van der Waals surface area (Å²) >= 11 is 0. The summed E-state index contributed by atoms with van der Waals surface area (Å²) in [5.74, 6) is -0.506. The minimum Gasteiger partial charge on any atom is -0.388 e. The lowest BCUT2D eigenvalue weighted by atomic mass is 9.53. The van der Waals surface area contributed by atoms with E-state index in [0.717, 1.165) is 40.2 Å². The normalized spacial score (nSPS) is 24.5. The zero-order valence-corrected chi connectivity index (χ0v) is 20.1. The first-order valence-electron chi connectivity index (χ1n) is 12.2. The van der Waals surface area contributed by atoms with E-state index in [1.54, 1.807) is 12.1 Å². The molecule has 0 bridgehead atoms. The number of aromatic nitrogens is 1. The van der Waals surface area contributed by atoms with Gasteiger partial charge in [0.25, 0.3) is 0 Å². The highest BCUT2D eigenvalue weighted by Crippen LogP contribution is 2.60. The number of hydrogen-bond donors (Lipinski definition) is 1. The van der Waals surface area contributed by atoms with Crippen molar-refractivity contribution in [3.8, 4) is 11.1 Å². The molecule has 1 fully saturated rings. The predicted molar refractivity (Wildman–Crippen MR) is 127 cm³/mol. The van der Waals surface area contributed by atoms with E-state index in [2.05, 4.69) is 0 Å². The molecule has 1 spiro atoms. The van der Waals surface area contributed by atoms with E-state index < -0.39 is 24.0 Å². The molecule has 7 heteroatoms. The summed E-state index contributed by atoms with van der Waals surface area (Å²) in [5, 5.41) is 11.2. The zero-order chi connectivity index (χ0) is 25.8. The van der Waals surface area contributed by atoms with Crippen LogP contribution in [-0.4, -0.2) is 10.1 Å². The summed E-state index contributed by atoms with van der Waals surface area (Å²) in [6.45, 7) is 4.07. The summed E-state index contributed by atoms with van der Waals surface area (Å²) in [4.78, 5) is 4.87. The number of pyridine rings is 1. The average Bonchev–Trinajstić information content (AvgIpc) is 2.81. The Morgan fingerprint density at radius 2 is 1.61 bits per heavy atom. The van der Waals surface area contributed by atoms with Crippen LogP contribution in [0.2, 0.25) is 0 Å². The summed E-state index contributed by atoms with van der Waals surface area (Å²) in [6, 6.07) is 12.4. The van der Waals surface area contributed by atoms with Gasteiger partial charge in [0, 0.05) is 17.0 Å². The Labute approximate surface area is 207 Å². The average molecular weight is 502 g/mol. The van der Waals surface area contributed by atoms with Gasteiger partial charge in [-0.15, -0.1) is 0 Å². The molecule has 2 aromatic carbocycles. The second-order valence-electron chi connectivity index (χ2n) is 10.7. The molecule has 0 unspecified atom stereocenters. The molecule has 3 aromatic rings. The number of aliphatic hydroxyl groups excluding tert-OH is 1. The molecule has 1 saturated carbocycles. The van der Waals surface area contributed by atoms with Crippen molar-refractivity contribution in [2.45, 2.75) is 63.9 Å². The van der Waals surface area contributed by atoms with Crippen molar-refractivity contribution in [1.29, 1.82) is 0 Å². The lowest BCUT2D eigenvalue weighted by Gasteiger charge is -2.52. The smallest absolute Gasteiger partial charge is 0.388 e. The Balaban J connectivity index is 1.39. The van der Waals surface area contributed by atoms with Crippen molar-refractivity contribution in [1.82, 2.24) is 4.98 Å². The van der Waals surface area contributed by atoms with Crippen molar-refractivity contribution < 1.29 is 27.1 Å². The molecule has 2 nitrogen and oxygen atoms in total. The Morgan fingerprint density at radius 1 is 0.972 bits per heavy atom. The van der Waals surface area contributed by atoms with Crippen molar-refractivity contribution in [3.63, 3.8) is 0 Å². The van der Waals surface area contributed by atoms with Gasteiger partial charge in [-0.2, -0.15) is 13.2 Å². The molecular weight excluding hydrogens is 473 g/mol. The van der Waals surface area contributed by atoms with E-state index in [1.165, 1.54) is 24.3 Å². The van der Waals surface area contributed by atoms with Crippen LogP contribution in [0, 0.1) is 17.2 Å². The summed E-state index contributed by atoms with van der Waals surface area (Å²) in [7, 11) is 0. The Bertz CT molecular complexity index is 1240. The summed E-state index contributed by atoms with van der Waals surface area (Å²) < 4.78 is 67.3. The third kappa shape index (κ3) is 4.54. The van der Waals surface area contributed by atoms with Crippen molar-refractivity contribution in [3.05, 3.63) is 88.5 Å². The molecule has 2 atom stereocenters. The molecule has 0 amide bonds. The van der Waals surface area contributed by atoms with Gasteiger partial charge in [-0.1, -0.05) is 38.1 Å². The highest BCUT2D eigenvalue weighted by atomic mass is 19.4. The van der Waals surface area contributed by atoms with E-state index in [0.29, 0.717) is 25.7 Å². The Kier molecular flexibility index (Phi) is 6.18. The highest BCUT2D eigenvalue weighted by Gasteiger charge is 2.51. The van der Waals surface area contributed by atoms with E-state index >= 15 is 4.39 Å². The first kappa shape index (κ1) is 24.9. The van der Waals surface area contributed by atoms with E-state index in [1.807, 2.05) is 19.9 Å². The monoisotopic (exact) mass is 501 g/mol. The van der Waals surface area contributed by atoms with Crippen LogP contribution in [-0.2, 0) is 12.6 Å².